The lowest BCUT2D eigenvalue weighted by Crippen LogP contribution is -2.65. The zero-order valence-electron chi connectivity index (χ0n) is 71.0. The quantitative estimate of drug-likeness (QED) is 0.0480. The average molecular weight is 1890 g/mol. The van der Waals surface area contributed by atoms with Crippen molar-refractivity contribution in [3.63, 3.8) is 0 Å². The number of phenolic OH excluding ortho intramolecular Hbond substituents is 4. The smallest absolute Gasteiger partial charge is 0.330 e. The number of aromatic hydroxyl groups is 4. The lowest BCUT2D eigenvalue weighted by molar-refractivity contribution is -0.284. The van der Waals surface area contributed by atoms with E-state index in [1.165, 1.54) is 30.3 Å². The normalized spacial score (nSPS) is 28.8. The van der Waals surface area contributed by atoms with Gasteiger partial charge in [-0.2, -0.15) is 0 Å². The predicted molar refractivity (Wildman–Crippen MR) is 458 cm³/mol. The molecule has 9 aliphatic heterocycles. The Bertz CT molecular complexity index is 5580. The Hall–Kier alpha value is -12.0. The van der Waals surface area contributed by atoms with E-state index < -0.39 is 316 Å². The van der Waals surface area contributed by atoms with Gasteiger partial charge >= 0.3 is 5.97 Å². The monoisotopic (exact) mass is 1890 g/mol. The number of carboxylic acid groups (broad SMARTS) is 1. The first-order chi connectivity index (χ1) is 63.4. The van der Waals surface area contributed by atoms with Crippen LogP contribution in [0.1, 0.15) is 141 Å². The second-order valence-corrected chi connectivity index (χ2v) is 34.4. The van der Waals surface area contributed by atoms with E-state index in [9.17, 15) is 95.8 Å². The molecule has 0 aliphatic carbocycles. The van der Waals surface area contributed by atoms with Gasteiger partial charge in [-0.15, -0.1) is 0 Å². The molecule has 0 spiro atoms. The number of benzene rings is 7. The number of amides is 8. The Morgan fingerprint density at radius 1 is 0.496 bits per heavy atom. The highest BCUT2D eigenvalue weighted by Crippen LogP contribution is 2.51. The van der Waals surface area contributed by atoms with Gasteiger partial charge in [0.05, 0.1) is 29.9 Å². The maximum absolute atomic E-state index is 17.0. The fourth-order valence-electron chi connectivity index (χ4n) is 16.6. The molecule has 23 atom stereocenters. The van der Waals surface area contributed by atoms with Crippen LogP contribution in [0.4, 0.5) is 0 Å². The minimum atomic E-state index is -2.59. The number of hydrogen-bond donors (Lipinski definition) is 24. The largest absolute Gasteiger partial charge is 0.508 e. The molecule has 42 nitrogen and oxygen atoms in total. The summed E-state index contributed by atoms with van der Waals surface area (Å²) < 4.78 is 57.5. The minimum absolute atomic E-state index is 0.0270. The molecular weight excluding hydrogens is 1790 g/mol. The van der Waals surface area contributed by atoms with Crippen molar-refractivity contribution >= 4 is 76.4 Å². The van der Waals surface area contributed by atoms with Gasteiger partial charge in [0.2, 0.25) is 65.6 Å². The summed E-state index contributed by atoms with van der Waals surface area (Å²) in [4.78, 5) is 138. The number of carbonyl (C=O) groups is 9. The third kappa shape index (κ3) is 21.3. The van der Waals surface area contributed by atoms with Crippen LogP contribution in [0.15, 0.2) is 115 Å². The molecule has 44 heteroatoms. The fraction of sp³-hybridized carbons (Fsp3) is 0.427. The van der Waals surface area contributed by atoms with Crippen molar-refractivity contribution in [2.24, 2.45) is 11.7 Å². The Morgan fingerprint density at radius 3 is 1.68 bits per heavy atom. The van der Waals surface area contributed by atoms with Crippen LogP contribution >= 0.6 is 23.2 Å². The summed E-state index contributed by atoms with van der Waals surface area (Å²) in [6, 6.07) is 0.677. The summed E-state index contributed by atoms with van der Waals surface area (Å²) in [6.45, 7) is 2.03. The van der Waals surface area contributed by atoms with Gasteiger partial charge in [-0.05, 0) is 125 Å². The molecule has 8 amide bonds. The zero-order valence-corrected chi connectivity index (χ0v) is 72.5. The van der Waals surface area contributed by atoms with Crippen molar-refractivity contribution in [2.45, 2.75) is 213 Å². The van der Waals surface area contributed by atoms with Gasteiger partial charge in [-0.1, -0.05) is 93.4 Å². The van der Waals surface area contributed by atoms with Crippen LogP contribution in [0.2, 0.25) is 10.0 Å². The lowest BCUT2D eigenvalue weighted by atomic mass is 9.89. The van der Waals surface area contributed by atoms with Crippen molar-refractivity contribution in [1.82, 2.24) is 42.5 Å². The van der Waals surface area contributed by atoms with Crippen LogP contribution in [0.3, 0.4) is 0 Å². The Morgan fingerprint density at radius 2 is 1.05 bits per heavy atom. The van der Waals surface area contributed by atoms with E-state index in [1.807, 2.05) is 0 Å². The predicted octanol–water partition coefficient (Wildman–Crippen LogP) is 1.41. The standard InChI is InChI=1S/C89H99Cl2N9O33/c1-34(2)9-7-5-4-6-8-10-61(109)95-69-75(114)72(111)59(32-102)130-88(69)133-79-56-26-41-27-57(79)127-53-18-14-39(24-48(53)91)78(132-87-68(93-35(3)104)74(113)71(110)58(31-101)129-87)70-85(122)99-67(86(123)124)46-29-43(106)30-55(128-89-77(116)76(115)73(112)60(33-103)131-89)62(46)45-23-38(13-15-50(45)107)64(82(119)100-70)97-84(121)66(41)98-83(120)65-40-21-42(105)28-44(22-40)125-54-25-37(12-16-51(54)108)63(92)81(118)94-49(80(117)96-65)20-36-11-17-52(126-56)47(90)19-36/h11-19,21-30,34,49,58-60,63-78,87-89,101-103,105-108,110-116H,4-10,20,31-33,92H2,1-3H3,(H,93,104)(H,94,118)(H,95,109)(H,96,117)(H,97,121)(H,98,120)(H,99,122)(H,100,119)(H,123,124)/t49?,58-,59-,60-,63+,64-,65?,66?,67+,68-,69-,70+,71-,72-,73-,74-,75-,76+,77+,78-,87+,88+,89+/m1/s1. The number of halogens is 2. The summed E-state index contributed by atoms with van der Waals surface area (Å²) in [5.74, 6) is -19.1. The van der Waals surface area contributed by atoms with Crippen molar-refractivity contribution in [3.05, 3.63) is 164 Å². The molecular formula is C89H99Cl2N9O33. The minimum Gasteiger partial charge on any atom is -0.508 e. The van der Waals surface area contributed by atoms with E-state index in [-0.39, 0.29) is 39.8 Å². The van der Waals surface area contributed by atoms with Gasteiger partial charge in [-0.25, -0.2) is 4.79 Å². The maximum atomic E-state index is 17.0. The Kier molecular flexibility index (Phi) is 30.0. The number of nitrogens with one attached hydrogen (secondary N) is 8. The highest BCUT2D eigenvalue weighted by Gasteiger charge is 2.52. The first kappa shape index (κ1) is 97.0. The number of aliphatic carboxylic acids is 1. The van der Waals surface area contributed by atoms with Gasteiger partial charge in [0, 0.05) is 48.6 Å². The van der Waals surface area contributed by atoms with Gasteiger partial charge in [0.25, 0.3) is 0 Å². The Balaban J connectivity index is 1.03. The van der Waals surface area contributed by atoms with Gasteiger partial charge in [-0.3, -0.25) is 38.4 Å². The summed E-state index contributed by atoms with van der Waals surface area (Å²) in [6.07, 6.45) is -24.9. The number of rotatable bonds is 20. The highest BCUT2D eigenvalue weighted by atomic mass is 35.5. The van der Waals surface area contributed by atoms with Crippen LogP contribution in [0.5, 0.6) is 69.0 Å². The topological polar surface area (TPSA) is 662 Å². The SMILES string of the molecule is CC(=O)N[C@H]1[C@H](O[C@@H]2c3ccc(c(Cl)c3)Oc3cc4cc(c3O[C@@H]3O[C@H](CO)[C@@H](O)[C@H](O)[C@H]3NC(=O)CCCCCCCC(C)C)Oc3ccc(cc3Cl)CC3NC(=O)[C@@H](N)c5ccc(O)c(c5)Oc5cc(O)cc(c5)C(NC3=O)C(=O)NC4C(=O)N[C@H]3C(=O)N[C@@H]2C(=O)N[C@H](C(=O)O)c2cc(O)cc(O[C@H]4O[C@H](CO)[C@@H](O)[C@H](O)[C@@H]4O)c2-c2cc3ccc2O)O[C@H](CO)[C@@H](O)[C@@H]1O. The molecule has 9 aliphatic rings. The van der Waals surface area contributed by atoms with E-state index >= 15 is 24.0 Å². The number of carboxylic acids is 1. The number of phenols is 4. The number of unbranched alkanes of at least 4 members (excludes halogenated alkanes) is 4. The molecule has 9 heterocycles. The molecule has 7 aromatic carbocycles. The van der Waals surface area contributed by atoms with Crippen LogP contribution in [-0.2, 0) is 68.5 Å². The maximum Gasteiger partial charge on any atom is 0.330 e. The first-order valence-electron chi connectivity index (χ1n) is 42.5. The van der Waals surface area contributed by atoms with E-state index in [0.29, 0.717) is 18.8 Å². The first-order valence-corrected chi connectivity index (χ1v) is 43.2. The molecule has 712 valence electrons. The number of carbonyl (C=O) groups excluding carboxylic acids is 8. The van der Waals surface area contributed by atoms with Gasteiger partial charge in [0.15, 0.2) is 35.3 Å². The van der Waals surface area contributed by atoms with Gasteiger partial charge in [0.1, 0.15) is 156 Å². The van der Waals surface area contributed by atoms with Crippen molar-refractivity contribution in [3.8, 4) is 80.1 Å². The van der Waals surface area contributed by atoms with Crippen LogP contribution in [0, 0.1) is 5.92 Å². The zero-order chi connectivity index (χ0) is 95.6. The molecule has 3 fully saturated rings. The molecule has 0 aromatic heterocycles. The third-order valence-electron chi connectivity index (χ3n) is 23.6. The van der Waals surface area contributed by atoms with Crippen molar-refractivity contribution in [2.75, 3.05) is 19.8 Å². The van der Waals surface area contributed by atoms with E-state index in [2.05, 4.69) is 56.4 Å². The molecule has 25 N–H and O–H groups in total. The average Bonchev–Trinajstić information content (AvgIpc) is 0.755. The highest BCUT2D eigenvalue weighted by molar-refractivity contribution is 6.32. The van der Waals surface area contributed by atoms with Crippen LogP contribution in [0.25, 0.3) is 11.1 Å². The molecule has 3 saturated heterocycles. The van der Waals surface area contributed by atoms with Crippen LogP contribution in [-0.4, -0.2) is 254 Å². The number of aliphatic hydroxyl groups is 10. The van der Waals surface area contributed by atoms with Crippen LogP contribution < -0.4 is 72.0 Å². The summed E-state index contributed by atoms with van der Waals surface area (Å²) in [5, 5.41) is 190. The molecule has 7 aromatic rings. The Labute approximate surface area is 766 Å². The van der Waals surface area contributed by atoms with E-state index in [1.54, 1.807) is 0 Å². The summed E-state index contributed by atoms with van der Waals surface area (Å²) in [7, 11) is 0. The number of ether oxygens (including phenoxy) is 9. The molecule has 16 rings (SSSR count). The lowest BCUT2D eigenvalue weighted by Gasteiger charge is -2.44. The summed E-state index contributed by atoms with van der Waals surface area (Å²) >= 11 is 14.7. The molecule has 17 bridgehead atoms. The number of aliphatic hydroxyl groups excluding tert-OH is 10. The van der Waals surface area contributed by atoms with E-state index in [0.717, 1.165) is 118 Å². The fourth-order valence-corrected chi connectivity index (χ4v) is 17.1. The molecule has 133 heavy (non-hydrogen) atoms. The van der Waals surface area contributed by atoms with Crippen molar-refractivity contribution in [1.29, 1.82) is 0 Å². The second-order valence-electron chi connectivity index (χ2n) is 33.5. The van der Waals surface area contributed by atoms with Crippen molar-refractivity contribution < 1.29 is 162 Å². The van der Waals surface area contributed by atoms with Gasteiger partial charge < -0.3 is 167 Å². The molecule has 3 unspecified atom stereocenters. The molecule has 0 saturated carbocycles. The number of hydrogen-bond acceptors (Lipinski definition) is 33. The second kappa shape index (κ2) is 41.2. The number of fused-ring (bicyclic) bond motifs is 14. The number of nitrogens with two attached hydrogens (primary N) is 1. The van der Waals surface area contributed by atoms with E-state index in [4.69, 9.17) is 71.6 Å². The molecule has 0 radical (unpaired) electrons. The third-order valence-corrected chi connectivity index (χ3v) is 24.2. The summed E-state index contributed by atoms with van der Waals surface area (Å²) in [5.41, 5.74) is 2.80.